The van der Waals surface area contributed by atoms with Crippen LogP contribution in [0.25, 0.3) is 11.4 Å². The zero-order valence-electron chi connectivity index (χ0n) is 11.9. The van der Waals surface area contributed by atoms with Crippen LogP contribution in [0.2, 0.25) is 0 Å². The van der Waals surface area contributed by atoms with Crippen LogP contribution in [-0.4, -0.2) is 17.0 Å². The molecule has 1 aliphatic carbocycles. The molecule has 3 rings (SSSR count). The number of hydrogen-bond acceptors (Lipinski definition) is 3. The molecule has 1 N–H and O–H groups in total. The fraction of sp³-hybridized carbons (Fsp3) is 0.375. The van der Waals surface area contributed by atoms with Crippen LogP contribution < -0.4 is 5.32 Å². The van der Waals surface area contributed by atoms with Crippen LogP contribution in [0.3, 0.4) is 0 Å². The molecule has 21 heavy (non-hydrogen) atoms. The predicted octanol–water partition coefficient (Wildman–Crippen LogP) is 4.12. The predicted molar refractivity (Wildman–Crippen MR) is 78.1 cm³/mol. The van der Waals surface area contributed by atoms with E-state index in [0.717, 1.165) is 30.7 Å². The molecule has 0 bridgehead atoms. The first kappa shape index (κ1) is 13.9. The van der Waals surface area contributed by atoms with Crippen molar-refractivity contribution in [2.24, 2.45) is 0 Å². The molecule has 1 aromatic carbocycles. The number of rotatable bonds is 3. The molecule has 0 amide bonds. The van der Waals surface area contributed by atoms with Gasteiger partial charge in [0, 0.05) is 30.3 Å². The van der Waals surface area contributed by atoms with Gasteiger partial charge in [0.1, 0.15) is 5.82 Å². The van der Waals surface area contributed by atoms with Crippen LogP contribution in [0.5, 0.6) is 0 Å². The molecule has 5 heteroatoms. The van der Waals surface area contributed by atoms with Gasteiger partial charge in [-0.05, 0) is 31.0 Å². The molecule has 1 heterocycles. The topological polar surface area (TPSA) is 37.8 Å². The fourth-order valence-electron chi connectivity index (χ4n) is 2.79. The summed E-state index contributed by atoms with van der Waals surface area (Å²) in [5.41, 5.74) is 1.47. The molecule has 0 saturated heterocycles. The molecule has 0 spiro atoms. The minimum Gasteiger partial charge on any atom is -0.373 e. The van der Waals surface area contributed by atoms with Gasteiger partial charge in [0.2, 0.25) is 0 Å². The van der Waals surface area contributed by atoms with Crippen LogP contribution in [0, 0.1) is 11.6 Å². The van der Waals surface area contributed by atoms with E-state index < -0.39 is 11.6 Å². The third kappa shape index (κ3) is 2.86. The maximum absolute atomic E-state index is 13.4. The van der Waals surface area contributed by atoms with E-state index in [9.17, 15) is 8.78 Å². The number of anilines is 1. The number of hydrogen-bond donors (Lipinski definition) is 1. The van der Waals surface area contributed by atoms with Gasteiger partial charge in [-0.1, -0.05) is 12.8 Å². The highest BCUT2D eigenvalue weighted by Gasteiger charge is 2.20. The summed E-state index contributed by atoms with van der Waals surface area (Å²) >= 11 is 0. The Balaban J connectivity index is 2.04. The van der Waals surface area contributed by atoms with E-state index in [1.165, 1.54) is 18.9 Å². The van der Waals surface area contributed by atoms with Crippen molar-refractivity contribution in [1.82, 2.24) is 9.97 Å². The lowest BCUT2D eigenvalue weighted by molar-refractivity contribution is 0.509. The van der Waals surface area contributed by atoms with Crippen molar-refractivity contribution in [1.29, 1.82) is 0 Å². The quantitative estimate of drug-likeness (QED) is 0.923. The molecular weight excluding hydrogens is 272 g/mol. The molecule has 110 valence electrons. The van der Waals surface area contributed by atoms with Gasteiger partial charge in [-0.2, -0.15) is 0 Å². The van der Waals surface area contributed by atoms with Crippen molar-refractivity contribution in [3.05, 3.63) is 41.6 Å². The average molecular weight is 289 g/mol. The first-order valence-electron chi connectivity index (χ1n) is 7.19. The third-order valence-electron chi connectivity index (χ3n) is 3.95. The van der Waals surface area contributed by atoms with E-state index in [4.69, 9.17) is 0 Å². The lowest BCUT2D eigenvalue weighted by atomic mass is 10.0. The normalized spacial score (nSPS) is 15.4. The van der Waals surface area contributed by atoms with Crippen molar-refractivity contribution < 1.29 is 8.78 Å². The Kier molecular flexibility index (Phi) is 3.82. The second kappa shape index (κ2) is 5.76. The summed E-state index contributed by atoms with van der Waals surface area (Å²) in [6, 6.07) is 5.70. The fourth-order valence-corrected chi connectivity index (χ4v) is 2.79. The van der Waals surface area contributed by atoms with Crippen molar-refractivity contribution in [3.63, 3.8) is 0 Å². The summed E-state index contributed by atoms with van der Waals surface area (Å²) in [5, 5.41) is 3.01. The molecule has 1 aromatic heterocycles. The van der Waals surface area contributed by atoms with E-state index in [0.29, 0.717) is 23.1 Å². The Morgan fingerprint density at radius 3 is 2.48 bits per heavy atom. The van der Waals surface area contributed by atoms with Gasteiger partial charge < -0.3 is 5.32 Å². The second-order valence-corrected chi connectivity index (χ2v) is 5.36. The molecule has 3 nitrogen and oxygen atoms in total. The Bertz CT molecular complexity index is 652. The van der Waals surface area contributed by atoms with Gasteiger partial charge in [0.05, 0.1) is 0 Å². The highest BCUT2D eigenvalue weighted by molar-refractivity contribution is 5.58. The number of nitrogens with zero attached hydrogens (tertiary/aromatic N) is 2. The zero-order valence-corrected chi connectivity index (χ0v) is 11.9. The summed E-state index contributed by atoms with van der Waals surface area (Å²) in [5.74, 6) is -0.175. The van der Waals surface area contributed by atoms with Gasteiger partial charge in [-0.25, -0.2) is 18.7 Å². The lowest BCUT2D eigenvalue weighted by Gasteiger charge is -2.12. The van der Waals surface area contributed by atoms with Crippen molar-refractivity contribution >= 4 is 5.82 Å². The maximum Gasteiger partial charge on any atom is 0.161 e. The molecule has 0 atom stereocenters. The maximum atomic E-state index is 13.4. The van der Waals surface area contributed by atoms with Crippen LogP contribution in [0.15, 0.2) is 24.3 Å². The van der Waals surface area contributed by atoms with Crippen LogP contribution in [0.4, 0.5) is 14.6 Å². The lowest BCUT2D eigenvalue weighted by Crippen LogP contribution is -2.04. The largest absolute Gasteiger partial charge is 0.373 e. The summed E-state index contributed by atoms with van der Waals surface area (Å²) in [6.45, 7) is 0. The first-order valence-corrected chi connectivity index (χ1v) is 7.19. The van der Waals surface area contributed by atoms with Gasteiger partial charge in [-0.3, -0.25) is 0 Å². The van der Waals surface area contributed by atoms with Crippen molar-refractivity contribution in [3.8, 4) is 11.4 Å². The molecule has 2 aromatic rings. The Morgan fingerprint density at radius 2 is 1.81 bits per heavy atom. The van der Waals surface area contributed by atoms with Crippen molar-refractivity contribution in [2.45, 2.75) is 31.6 Å². The molecule has 1 aliphatic rings. The highest BCUT2D eigenvalue weighted by atomic mass is 19.2. The molecular formula is C16H17F2N3. The second-order valence-electron chi connectivity index (χ2n) is 5.36. The Morgan fingerprint density at radius 1 is 1.05 bits per heavy atom. The summed E-state index contributed by atoms with van der Waals surface area (Å²) in [6.07, 6.45) is 4.67. The zero-order chi connectivity index (χ0) is 14.8. The summed E-state index contributed by atoms with van der Waals surface area (Å²) < 4.78 is 26.5. The number of benzene rings is 1. The van der Waals surface area contributed by atoms with E-state index in [-0.39, 0.29) is 0 Å². The van der Waals surface area contributed by atoms with E-state index in [1.54, 1.807) is 7.05 Å². The molecule has 0 unspecified atom stereocenters. The van der Waals surface area contributed by atoms with E-state index >= 15 is 0 Å². The SMILES string of the molecule is CNc1cc(C2CCCC2)nc(-c2ccc(F)c(F)c2)n1. The van der Waals surface area contributed by atoms with Crippen LogP contribution in [0.1, 0.15) is 37.3 Å². The molecule has 1 saturated carbocycles. The Hall–Kier alpha value is -2.04. The van der Waals surface area contributed by atoms with Gasteiger partial charge in [0.25, 0.3) is 0 Å². The van der Waals surface area contributed by atoms with Crippen LogP contribution in [-0.2, 0) is 0 Å². The molecule has 1 fully saturated rings. The minimum atomic E-state index is -0.881. The summed E-state index contributed by atoms with van der Waals surface area (Å²) in [4.78, 5) is 8.92. The summed E-state index contributed by atoms with van der Waals surface area (Å²) in [7, 11) is 1.79. The van der Waals surface area contributed by atoms with Gasteiger partial charge >= 0.3 is 0 Å². The van der Waals surface area contributed by atoms with Crippen LogP contribution >= 0.6 is 0 Å². The van der Waals surface area contributed by atoms with Gasteiger partial charge in [0.15, 0.2) is 17.5 Å². The number of aromatic nitrogens is 2. The Labute approximate surface area is 122 Å². The van der Waals surface area contributed by atoms with Crippen molar-refractivity contribution in [2.75, 3.05) is 12.4 Å². The molecule has 0 radical (unpaired) electrons. The standard InChI is InChI=1S/C16H17F2N3/c1-19-15-9-14(10-4-2-3-5-10)20-16(21-15)11-6-7-12(17)13(18)8-11/h6-10H,2-5H2,1H3,(H,19,20,21). The first-order chi connectivity index (χ1) is 10.2. The van der Waals surface area contributed by atoms with E-state index in [1.807, 2.05) is 6.07 Å². The minimum absolute atomic E-state index is 0.433. The average Bonchev–Trinajstić information content (AvgIpc) is 3.04. The number of nitrogens with one attached hydrogen (secondary N) is 1. The number of halogens is 2. The van der Waals surface area contributed by atoms with Gasteiger partial charge in [-0.15, -0.1) is 0 Å². The monoisotopic (exact) mass is 289 g/mol. The highest BCUT2D eigenvalue weighted by Crippen LogP contribution is 2.34. The third-order valence-corrected chi connectivity index (χ3v) is 3.95. The van der Waals surface area contributed by atoms with E-state index in [2.05, 4.69) is 15.3 Å². The smallest absolute Gasteiger partial charge is 0.161 e. The molecule has 0 aliphatic heterocycles.